The predicted molar refractivity (Wildman–Crippen MR) is 131 cm³/mol. The number of rotatable bonds is 9. The van der Waals surface area contributed by atoms with Gasteiger partial charge in [-0.1, -0.05) is 91.0 Å². The summed E-state index contributed by atoms with van der Waals surface area (Å²) < 4.78 is 5.36. The Labute approximate surface area is 191 Å². The molecule has 0 bridgehead atoms. The molecule has 1 aliphatic heterocycles. The highest BCUT2D eigenvalue weighted by Crippen LogP contribution is 2.65. The molecule has 0 aromatic heterocycles. The summed E-state index contributed by atoms with van der Waals surface area (Å²) in [5, 5.41) is 0. The van der Waals surface area contributed by atoms with E-state index < -0.39 is 0 Å². The lowest BCUT2D eigenvalue weighted by molar-refractivity contribution is -0.135. The van der Waals surface area contributed by atoms with Crippen LogP contribution in [0.3, 0.4) is 0 Å². The molecule has 2 heteroatoms. The zero-order chi connectivity index (χ0) is 22.6. The van der Waals surface area contributed by atoms with Gasteiger partial charge in [0.25, 0.3) is 0 Å². The van der Waals surface area contributed by atoms with Gasteiger partial charge in [0, 0.05) is 5.92 Å². The van der Waals surface area contributed by atoms with Crippen LogP contribution in [0.15, 0.2) is 35.5 Å². The number of allylic oxidation sites excluding steroid dienone is 2. The van der Waals surface area contributed by atoms with E-state index in [1.807, 2.05) is 0 Å². The average Bonchev–Trinajstić information content (AvgIpc) is 3.08. The second kappa shape index (κ2) is 10.1. The van der Waals surface area contributed by atoms with Crippen molar-refractivity contribution in [2.45, 2.75) is 105 Å². The fourth-order valence-electron chi connectivity index (χ4n) is 7.46. The van der Waals surface area contributed by atoms with Crippen LogP contribution in [-0.2, 0) is 9.53 Å². The lowest BCUT2D eigenvalue weighted by Gasteiger charge is -2.61. The summed E-state index contributed by atoms with van der Waals surface area (Å²) in [5.74, 6) is 1.80. The molecular weight excluding hydrogens is 380 g/mol. The van der Waals surface area contributed by atoms with Gasteiger partial charge in [-0.2, -0.15) is 0 Å². The van der Waals surface area contributed by atoms with Crippen LogP contribution < -0.4 is 0 Å². The molecule has 174 valence electrons. The maximum atomic E-state index is 12.4. The fourth-order valence-corrected chi connectivity index (χ4v) is 7.46. The molecule has 0 N–H and O–H groups in total. The smallest absolute Gasteiger partial charge is 0.338 e. The van der Waals surface area contributed by atoms with Gasteiger partial charge in [0.1, 0.15) is 6.61 Å². The van der Waals surface area contributed by atoms with Crippen LogP contribution in [0.4, 0.5) is 0 Å². The Balaban J connectivity index is 1.93. The van der Waals surface area contributed by atoms with E-state index in [0.29, 0.717) is 17.9 Å². The lowest BCUT2D eigenvalue weighted by atomic mass is 9.43. The second-order valence-electron chi connectivity index (χ2n) is 11.1. The van der Waals surface area contributed by atoms with E-state index in [-0.39, 0.29) is 11.4 Å². The minimum atomic E-state index is -0.137. The topological polar surface area (TPSA) is 26.3 Å². The predicted octanol–water partition coefficient (Wildman–Crippen LogP) is 8.19. The van der Waals surface area contributed by atoms with Gasteiger partial charge in [-0.3, -0.25) is 0 Å². The molecule has 0 spiro atoms. The highest BCUT2D eigenvalue weighted by molar-refractivity contribution is 5.94. The normalized spacial score (nSPS) is 36.2. The van der Waals surface area contributed by atoms with Crippen LogP contribution in [-0.4, -0.2) is 12.6 Å². The van der Waals surface area contributed by atoms with Crippen molar-refractivity contribution in [2.24, 2.45) is 28.6 Å². The number of carbonyl (C=O) groups is 1. The average molecular weight is 427 g/mol. The molecule has 5 unspecified atom stereocenters. The van der Waals surface area contributed by atoms with E-state index in [9.17, 15) is 4.79 Å². The molecule has 0 amide bonds. The van der Waals surface area contributed by atoms with Gasteiger partial charge < -0.3 is 4.74 Å². The molecule has 3 aliphatic rings. The van der Waals surface area contributed by atoms with Crippen molar-refractivity contribution in [1.29, 1.82) is 0 Å². The summed E-state index contributed by atoms with van der Waals surface area (Å²) in [4.78, 5) is 12.4. The monoisotopic (exact) mass is 426 g/mol. The molecule has 5 atom stereocenters. The van der Waals surface area contributed by atoms with Crippen LogP contribution in [0.5, 0.6) is 0 Å². The summed E-state index contributed by atoms with van der Waals surface area (Å²) in [5.41, 5.74) is 4.02. The minimum absolute atomic E-state index is 0.137. The van der Waals surface area contributed by atoms with Gasteiger partial charge in [-0.25, -0.2) is 4.79 Å². The maximum absolute atomic E-state index is 12.4. The van der Waals surface area contributed by atoms with Gasteiger partial charge in [0.2, 0.25) is 0 Å². The number of hydrogen-bond acceptors (Lipinski definition) is 2. The van der Waals surface area contributed by atoms with E-state index in [4.69, 9.17) is 4.74 Å². The van der Waals surface area contributed by atoms with E-state index in [1.165, 1.54) is 62.5 Å². The van der Waals surface area contributed by atoms with Gasteiger partial charge >= 0.3 is 5.97 Å². The molecule has 0 aromatic rings. The third-order valence-electron chi connectivity index (χ3n) is 9.15. The zero-order valence-electron chi connectivity index (χ0n) is 20.9. The Morgan fingerprint density at radius 1 is 1.13 bits per heavy atom. The van der Waals surface area contributed by atoms with Crippen molar-refractivity contribution in [3.63, 3.8) is 0 Å². The fraction of sp³-hybridized carbons (Fsp3) is 0.759. The summed E-state index contributed by atoms with van der Waals surface area (Å²) >= 11 is 0. The first kappa shape index (κ1) is 24.3. The summed E-state index contributed by atoms with van der Waals surface area (Å²) in [6, 6.07) is 0. The van der Waals surface area contributed by atoms with Gasteiger partial charge in [-0.05, 0) is 66.8 Å². The van der Waals surface area contributed by atoms with Crippen LogP contribution >= 0.6 is 0 Å². The first-order valence-electron chi connectivity index (χ1n) is 13.1. The summed E-state index contributed by atoms with van der Waals surface area (Å²) in [6.07, 6.45) is 18.1. The Hall–Kier alpha value is -1.31. The van der Waals surface area contributed by atoms with Crippen molar-refractivity contribution in [1.82, 2.24) is 0 Å². The number of unbranched alkanes of at least 4 members (excludes halogenated alkanes) is 1. The molecule has 2 saturated carbocycles. The molecule has 2 aliphatic carbocycles. The summed E-state index contributed by atoms with van der Waals surface area (Å²) in [7, 11) is 0. The van der Waals surface area contributed by atoms with Gasteiger partial charge in [0.05, 0.1) is 5.57 Å². The quantitative estimate of drug-likeness (QED) is 0.274. The molecule has 0 saturated heterocycles. The van der Waals surface area contributed by atoms with Gasteiger partial charge in [0.15, 0.2) is 0 Å². The van der Waals surface area contributed by atoms with E-state index in [0.717, 1.165) is 36.7 Å². The van der Waals surface area contributed by atoms with Crippen molar-refractivity contribution in [3.05, 3.63) is 35.5 Å². The van der Waals surface area contributed by atoms with Crippen LogP contribution in [0.25, 0.3) is 0 Å². The van der Waals surface area contributed by atoms with Gasteiger partial charge in [-0.15, -0.1) is 0 Å². The van der Waals surface area contributed by atoms with Crippen molar-refractivity contribution in [3.8, 4) is 0 Å². The standard InChI is InChI=1S/C29H46O2/c1-7-10-18-28(5)23(12-9-3)17-19-29(6)25(21(4)13-16-26(28)29)15-14-24-22(11-8-2)20-31-27(24)30/h14-15,23,25-26H,4,7-13,16-20H2,1-3,5-6H3/b15-14+. The number of carbonyl (C=O) groups excluding carboxylic acids is 1. The second-order valence-corrected chi connectivity index (χ2v) is 11.1. The van der Waals surface area contributed by atoms with E-state index in [2.05, 4.69) is 53.3 Å². The largest absolute Gasteiger partial charge is 0.458 e. The first-order valence-corrected chi connectivity index (χ1v) is 13.1. The van der Waals surface area contributed by atoms with E-state index in [1.54, 1.807) is 0 Å². The number of hydrogen-bond donors (Lipinski definition) is 0. The molecule has 3 rings (SSSR count). The van der Waals surface area contributed by atoms with Crippen LogP contribution in [0, 0.1) is 28.6 Å². The summed E-state index contributed by atoms with van der Waals surface area (Å²) in [6.45, 7) is 17.0. The number of cyclic esters (lactones) is 1. The highest BCUT2D eigenvalue weighted by Gasteiger charge is 2.56. The Morgan fingerprint density at radius 3 is 2.58 bits per heavy atom. The van der Waals surface area contributed by atoms with E-state index >= 15 is 0 Å². The van der Waals surface area contributed by atoms with Crippen LogP contribution in [0.2, 0.25) is 0 Å². The zero-order valence-corrected chi connectivity index (χ0v) is 20.9. The number of ether oxygens (including phenoxy) is 1. The minimum Gasteiger partial charge on any atom is -0.458 e. The van der Waals surface area contributed by atoms with Crippen LogP contribution in [0.1, 0.15) is 105 Å². The molecule has 0 radical (unpaired) electrons. The Kier molecular flexibility index (Phi) is 7.92. The molecule has 2 nitrogen and oxygen atoms in total. The molecule has 2 fully saturated rings. The number of fused-ring (bicyclic) bond motifs is 1. The molecular formula is C29H46O2. The Morgan fingerprint density at radius 2 is 1.90 bits per heavy atom. The molecule has 1 heterocycles. The molecule has 0 aromatic carbocycles. The third-order valence-corrected chi connectivity index (χ3v) is 9.15. The van der Waals surface area contributed by atoms with Crippen molar-refractivity contribution >= 4 is 5.97 Å². The molecule has 31 heavy (non-hydrogen) atoms. The first-order chi connectivity index (χ1) is 14.8. The Bertz CT molecular complexity index is 729. The number of esters is 1. The van der Waals surface area contributed by atoms with Crippen molar-refractivity contribution < 1.29 is 9.53 Å². The maximum Gasteiger partial charge on any atom is 0.338 e. The highest BCUT2D eigenvalue weighted by atomic mass is 16.5. The van der Waals surface area contributed by atoms with Crippen molar-refractivity contribution in [2.75, 3.05) is 6.61 Å². The SMILES string of the molecule is C=C1CCC2C(C)(CCCC)C(CCC)CCC2(C)C1/C=C/C1=C(CCC)COC1=O. The lowest BCUT2D eigenvalue weighted by Crippen LogP contribution is -2.53. The third kappa shape index (κ3) is 4.60.